The first kappa shape index (κ1) is 31.4. The molecule has 0 spiro atoms. The van der Waals surface area contributed by atoms with Gasteiger partial charge < -0.3 is 19.1 Å². The number of benzene rings is 1. The fourth-order valence-corrected chi connectivity index (χ4v) is 7.94. The molecule has 1 N–H and O–H groups in total. The maximum absolute atomic E-state index is 14.0. The minimum absolute atomic E-state index is 0.0364. The number of nitrogens with zero attached hydrogens (tertiary/aromatic N) is 2. The SMILES string of the molecule is C=C[C@H]1C[C@@]1(CC(=O)C1C[C@@H](OC(=O)N2Cc3ccc4c(c3C2)OCO4)CN1C(=O)[C@@H](C)C(C)(C)C)C(=O)NS(=O)(=O)C1CC1. The third kappa shape index (κ3) is 5.79. The van der Waals surface area contributed by atoms with Crippen LogP contribution in [0.1, 0.15) is 70.9 Å². The molecule has 3 aliphatic heterocycles. The maximum atomic E-state index is 14.0. The Bertz CT molecular complexity index is 1560. The summed E-state index contributed by atoms with van der Waals surface area (Å²) in [5.41, 5.74) is 0.161. The van der Waals surface area contributed by atoms with E-state index >= 15 is 0 Å². The Morgan fingerprint density at radius 3 is 2.56 bits per heavy atom. The molecular formula is C32H41N3O9S. The van der Waals surface area contributed by atoms with Crippen molar-refractivity contribution in [2.75, 3.05) is 13.3 Å². The van der Waals surface area contributed by atoms with E-state index in [0.717, 1.165) is 11.1 Å². The maximum Gasteiger partial charge on any atom is 0.410 e. The van der Waals surface area contributed by atoms with Gasteiger partial charge in [0.2, 0.25) is 28.6 Å². The summed E-state index contributed by atoms with van der Waals surface area (Å²) in [4.78, 5) is 57.4. The Balaban J connectivity index is 1.17. The third-order valence-corrected chi connectivity index (χ3v) is 11.9. The van der Waals surface area contributed by atoms with E-state index in [1.165, 1.54) is 4.90 Å². The van der Waals surface area contributed by atoms with Crippen LogP contribution in [0.5, 0.6) is 11.5 Å². The van der Waals surface area contributed by atoms with Crippen LogP contribution in [0.15, 0.2) is 24.8 Å². The summed E-state index contributed by atoms with van der Waals surface area (Å²) in [6.07, 6.45) is 1.38. The average Bonchev–Trinajstić information content (AvgIpc) is 3.78. The van der Waals surface area contributed by atoms with Crippen LogP contribution < -0.4 is 14.2 Å². The number of likely N-dealkylation sites (tertiary alicyclic amines) is 1. The number of hydrogen-bond donors (Lipinski definition) is 1. The normalized spacial score (nSPS) is 27.5. The molecule has 12 nitrogen and oxygen atoms in total. The Morgan fingerprint density at radius 2 is 1.91 bits per heavy atom. The second-order valence-corrected chi connectivity index (χ2v) is 16.1. The van der Waals surface area contributed by atoms with Crippen LogP contribution in [0.3, 0.4) is 0 Å². The predicted molar refractivity (Wildman–Crippen MR) is 161 cm³/mol. The van der Waals surface area contributed by atoms with Crippen LogP contribution in [0, 0.1) is 22.7 Å². The zero-order valence-electron chi connectivity index (χ0n) is 26.2. The first-order chi connectivity index (χ1) is 21.1. The van der Waals surface area contributed by atoms with Gasteiger partial charge in [-0.15, -0.1) is 6.58 Å². The summed E-state index contributed by atoms with van der Waals surface area (Å²) in [5.74, 6) is -0.862. The number of carbonyl (C=O) groups excluding carboxylic acids is 4. The molecule has 0 aromatic heterocycles. The molecule has 0 radical (unpaired) electrons. The second-order valence-electron chi connectivity index (χ2n) is 14.1. The van der Waals surface area contributed by atoms with Crippen molar-refractivity contribution >= 4 is 33.7 Å². The number of Topliss-reactive ketones (excluding diaryl/α,β-unsaturated/α-hetero) is 1. The molecule has 6 rings (SSSR count). The van der Waals surface area contributed by atoms with E-state index in [4.69, 9.17) is 14.2 Å². The van der Waals surface area contributed by atoms with Crippen LogP contribution in [0.4, 0.5) is 4.79 Å². The molecule has 2 aliphatic carbocycles. The lowest BCUT2D eigenvalue weighted by atomic mass is 9.81. The van der Waals surface area contributed by atoms with Gasteiger partial charge in [0.05, 0.1) is 29.8 Å². The molecule has 1 aromatic carbocycles. The lowest BCUT2D eigenvalue weighted by molar-refractivity contribution is -0.144. The topological polar surface area (TPSA) is 149 Å². The highest BCUT2D eigenvalue weighted by Crippen LogP contribution is 2.57. The van der Waals surface area contributed by atoms with E-state index in [9.17, 15) is 27.6 Å². The Hall–Kier alpha value is -3.61. The number of nitrogens with one attached hydrogen (secondary N) is 1. The van der Waals surface area contributed by atoms with Crippen molar-refractivity contribution in [3.05, 3.63) is 35.9 Å². The fraction of sp³-hybridized carbons (Fsp3) is 0.625. The summed E-state index contributed by atoms with van der Waals surface area (Å²) in [7, 11) is -3.81. The summed E-state index contributed by atoms with van der Waals surface area (Å²) in [6.45, 7) is 12.2. The van der Waals surface area contributed by atoms with E-state index in [-0.39, 0.29) is 50.3 Å². The van der Waals surface area contributed by atoms with Crippen molar-refractivity contribution in [3.8, 4) is 11.5 Å². The minimum atomic E-state index is -3.81. The Labute approximate surface area is 263 Å². The number of sulfonamides is 1. The Morgan fingerprint density at radius 1 is 1.18 bits per heavy atom. The number of rotatable bonds is 9. The molecule has 5 atom stereocenters. The molecule has 1 unspecified atom stereocenters. The first-order valence-corrected chi connectivity index (χ1v) is 17.1. The fourth-order valence-electron chi connectivity index (χ4n) is 6.55. The number of amides is 3. The van der Waals surface area contributed by atoms with Crippen LogP contribution >= 0.6 is 0 Å². The monoisotopic (exact) mass is 643 g/mol. The van der Waals surface area contributed by atoms with Crippen molar-refractivity contribution < 1.29 is 41.8 Å². The lowest BCUT2D eigenvalue weighted by Crippen LogP contribution is -2.47. The van der Waals surface area contributed by atoms with Gasteiger partial charge in [0.25, 0.3) is 0 Å². The van der Waals surface area contributed by atoms with Crippen molar-refractivity contribution in [1.29, 1.82) is 0 Å². The number of fused-ring (bicyclic) bond motifs is 3. The zero-order chi connectivity index (χ0) is 32.5. The van der Waals surface area contributed by atoms with Gasteiger partial charge in [-0.1, -0.05) is 39.8 Å². The van der Waals surface area contributed by atoms with Crippen molar-refractivity contribution in [3.63, 3.8) is 0 Å². The number of ketones is 1. The molecule has 1 saturated heterocycles. The molecule has 0 bridgehead atoms. The first-order valence-electron chi connectivity index (χ1n) is 15.5. The molecule has 2 saturated carbocycles. The van der Waals surface area contributed by atoms with Gasteiger partial charge in [0, 0.05) is 30.9 Å². The molecule has 244 valence electrons. The van der Waals surface area contributed by atoms with Gasteiger partial charge in [0.15, 0.2) is 17.3 Å². The number of allylic oxidation sites excluding steroid dienone is 1. The minimum Gasteiger partial charge on any atom is -0.454 e. The van der Waals surface area contributed by atoms with Crippen molar-refractivity contribution in [1.82, 2.24) is 14.5 Å². The van der Waals surface area contributed by atoms with E-state index in [0.29, 0.717) is 37.3 Å². The van der Waals surface area contributed by atoms with Crippen molar-refractivity contribution in [2.45, 2.75) is 90.3 Å². The largest absolute Gasteiger partial charge is 0.454 e. The molecule has 3 fully saturated rings. The van der Waals surface area contributed by atoms with Gasteiger partial charge >= 0.3 is 6.09 Å². The molecule has 3 amide bonds. The quantitative estimate of drug-likeness (QED) is 0.400. The standard InChI is InChI=1S/C32H41N3O9S/c1-6-20-12-32(20,29(38)33-45(40,41)22-8-9-22)13-25(36)24-11-21(15-35(24)28(37)18(2)31(3,4)5)44-30(39)34-14-19-7-10-26-27(23(19)16-34)43-17-42-26/h6-7,10,18,20-22,24H,1,8-9,11-17H2,2-5H3,(H,33,38)/t18-,20+,21-,24?,32+/m1/s1. The van der Waals surface area contributed by atoms with Gasteiger partial charge in [-0.05, 0) is 42.2 Å². The van der Waals surface area contributed by atoms with Gasteiger partial charge in [0.1, 0.15) is 6.10 Å². The number of carbonyl (C=O) groups is 4. The smallest absolute Gasteiger partial charge is 0.410 e. The Kier molecular flexibility index (Phi) is 7.69. The molecule has 3 heterocycles. The second kappa shape index (κ2) is 11.0. The molecule has 45 heavy (non-hydrogen) atoms. The van der Waals surface area contributed by atoms with Crippen molar-refractivity contribution in [2.24, 2.45) is 22.7 Å². The highest BCUT2D eigenvalue weighted by molar-refractivity contribution is 7.90. The average molecular weight is 644 g/mol. The van der Waals surface area contributed by atoms with Gasteiger partial charge in [-0.25, -0.2) is 13.2 Å². The molecule has 1 aromatic rings. The molecule has 13 heteroatoms. The van der Waals surface area contributed by atoms with E-state index < -0.39 is 56.2 Å². The van der Waals surface area contributed by atoms with Gasteiger partial charge in [-0.2, -0.15) is 0 Å². The van der Waals surface area contributed by atoms with Gasteiger partial charge in [-0.3, -0.25) is 24.0 Å². The van der Waals surface area contributed by atoms with E-state index in [1.54, 1.807) is 17.9 Å². The summed E-state index contributed by atoms with van der Waals surface area (Å²) in [5, 5.41) is -0.586. The third-order valence-electron chi connectivity index (χ3n) is 10.1. The predicted octanol–water partition coefficient (Wildman–Crippen LogP) is 3.28. The lowest BCUT2D eigenvalue weighted by Gasteiger charge is -2.33. The highest BCUT2D eigenvalue weighted by Gasteiger charge is 2.61. The van der Waals surface area contributed by atoms with Crippen LogP contribution in [-0.4, -0.2) is 72.6 Å². The number of hydrogen-bond acceptors (Lipinski definition) is 9. The van der Waals surface area contributed by atoms with E-state index in [2.05, 4.69) is 11.3 Å². The zero-order valence-corrected chi connectivity index (χ0v) is 27.0. The van der Waals surface area contributed by atoms with Crippen LogP contribution in [0.25, 0.3) is 0 Å². The summed E-state index contributed by atoms with van der Waals surface area (Å²) in [6, 6.07) is 2.78. The number of ether oxygens (including phenoxy) is 3. The van der Waals surface area contributed by atoms with Crippen LogP contribution in [0.2, 0.25) is 0 Å². The highest BCUT2D eigenvalue weighted by atomic mass is 32.2. The summed E-state index contributed by atoms with van der Waals surface area (Å²) >= 11 is 0. The van der Waals surface area contributed by atoms with Crippen LogP contribution in [-0.2, 0) is 42.2 Å². The summed E-state index contributed by atoms with van der Waals surface area (Å²) < 4.78 is 44.3. The molecule has 5 aliphatic rings. The van der Waals surface area contributed by atoms with E-state index in [1.807, 2.05) is 32.9 Å². The molecular weight excluding hydrogens is 602 g/mol.